The van der Waals surface area contributed by atoms with Crippen molar-refractivity contribution in [3.05, 3.63) is 35.1 Å². The first-order valence-corrected chi connectivity index (χ1v) is 5.97. The van der Waals surface area contributed by atoms with E-state index in [0.717, 1.165) is 12.5 Å². The Morgan fingerprint density at radius 2 is 1.94 bits per heavy atom. The third-order valence-electron chi connectivity index (χ3n) is 2.69. The van der Waals surface area contributed by atoms with E-state index in [1.165, 1.54) is 6.07 Å². The second kappa shape index (κ2) is 7.38. The summed E-state index contributed by atoms with van der Waals surface area (Å²) in [4.78, 5) is 0. The van der Waals surface area contributed by atoms with Crippen LogP contribution in [0.4, 0.5) is 13.2 Å². The zero-order chi connectivity index (χ0) is 13.5. The van der Waals surface area contributed by atoms with E-state index in [0.29, 0.717) is 19.6 Å². The fraction of sp³-hybridized carbons (Fsp3) is 0.538. The monoisotopic (exact) mass is 261 g/mol. The molecule has 0 fully saturated rings. The number of rotatable bonds is 7. The molecule has 0 spiro atoms. The summed E-state index contributed by atoms with van der Waals surface area (Å²) in [7, 11) is 1.54. The van der Waals surface area contributed by atoms with Crippen LogP contribution in [0.1, 0.15) is 31.4 Å². The van der Waals surface area contributed by atoms with Crippen molar-refractivity contribution >= 4 is 0 Å². The molecular weight excluding hydrogens is 243 g/mol. The van der Waals surface area contributed by atoms with E-state index in [4.69, 9.17) is 4.74 Å². The molecule has 0 saturated heterocycles. The van der Waals surface area contributed by atoms with Gasteiger partial charge in [0, 0.05) is 25.3 Å². The van der Waals surface area contributed by atoms with E-state index in [9.17, 15) is 13.2 Å². The van der Waals surface area contributed by atoms with Crippen LogP contribution in [0, 0.1) is 17.5 Å². The van der Waals surface area contributed by atoms with Gasteiger partial charge in [-0.2, -0.15) is 0 Å². The molecule has 5 heteroatoms. The van der Waals surface area contributed by atoms with Crippen LogP contribution >= 0.6 is 0 Å². The largest absolute Gasteiger partial charge is 0.385 e. The topological polar surface area (TPSA) is 21.3 Å². The lowest BCUT2D eigenvalue weighted by atomic mass is 10.0. The average Bonchev–Trinajstić information content (AvgIpc) is 2.37. The molecule has 1 N–H and O–H groups in total. The molecule has 1 aromatic carbocycles. The van der Waals surface area contributed by atoms with Crippen molar-refractivity contribution in [3.8, 4) is 0 Å². The quantitative estimate of drug-likeness (QED) is 0.761. The van der Waals surface area contributed by atoms with Crippen LogP contribution in [0.15, 0.2) is 12.1 Å². The van der Waals surface area contributed by atoms with Gasteiger partial charge in [-0.05, 0) is 25.5 Å². The van der Waals surface area contributed by atoms with Gasteiger partial charge in [-0.25, -0.2) is 13.2 Å². The van der Waals surface area contributed by atoms with Crippen LogP contribution in [0.5, 0.6) is 0 Å². The number of ether oxygens (including phenoxy) is 1. The highest BCUT2D eigenvalue weighted by atomic mass is 19.2. The van der Waals surface area contributed by atoms with Gasteiger partial charge >= 0.3 is 0 Å². The van der Waals surface area contributed by atoms with E-state index in [1.54, 1.807) is 7.11 Å². The first-order chi connectivity index (χ1) is 8.61. The van der Waals surface area contributed by atoms with Gasteiger partial charge in [-0.3, -0.25) is 0 Å². The summed E-state index contributed by atoms with van der Waals surface area (Å²) in [5.74, 6) is -3.72. The Hall–Kier alpha value is -1.07. The Balaban J connectivity index is 2.93. The van der Waals surface area contributed by atoms with Crippen molar-refractivity contribution in [2.75, 3.05) is 20.3 Å². The number of nitrogens with one attached hydrogen (secondary N) is 1. The SMILES string of the molecule is CCCNC(CCOC)c1ccc(F)c(F)c1F. The second-order valence-electron chi connectivity index (χ2n) is 4.05. The number of hydrogen-bond donors (Lipinski definition) is 1. The van der Waals surface area contributed by atoms with Crippen molar-refractivity contribution in [3.63, 3.8) is 0 Å². The minimum atomic E-state index is -1.42. The lowest BCUT2D eigenvalue weighted by molar-refractivity contribution is 0.182. The van der Waals surface area contributed by atoms with Crippen molar-refractivity contribution in [1.29, 1.82) is 0 Å². The van der Waals surface area contributed by atoms with Gasteiger partial charge < -0.3 is 10.1 Å². The molecule has 1 unspecified atom stereocenters. The molecule has 2 nitrogen and oxygen atoms in total. The third kappa shape index (κ3) is 3.71. The summed E-state index contributed by atoms with van der Waals surface area (Å²) >= 11 is 0. The van der Waals surface area contributed by atoms with Gasteiger partial charge in [0.15, 0.2) is 17.5 Å². The fourth-order valence-corrected chi connectivity index (χ4v) is 1.73. The molecule has 1 aromatic rings. The Labute approximate surface area is 105 Å². The molecule has 0 aliphatic carbocycles. The van der Waals surface area contributed by atoms with Crippen molar-refractivity contribution in [2.24, 2.45) is 0 Å². The van der Waals surface area contributed by atoms with E-state index in [1.807, 2.05) is 6.92 Å². The van der Waals surface area contributed by atoms with E-state index < -0.39 is 17.5 Å². The van der Waals surface area contributed by atoms with Gasteiger partial charge in [0.05, 0.1) is 0 Å². The van der Waals surface area contributed by atoms with Gasteiger partial charge in [0.1, 0.15) is 0 Å². The molecule has 0 bridgehead atoms. The average molecular weight is 261 g/mol. The summed E-state index contributed by atoms with van der Waals surface area (Å²) in [5.41, 5.74) is 0.138. The van der Waals surface area contributed by atoms with Crippen LogP contribution in [-0.2, 0) is 4.74 Å². The predicted molar refractivity (Wildman–Crippen MR) is 63.8 cm³/mol. The van der Waals surface area contributed by atoms with E-state index in [-0.39, 0.29) is 11.6 Å². The molecule has 0 saturated carbocycles. The summed E-state index contributed by atoms with van der Waals surface area (Å²) < 4.78 is 44.7. The van der Waals surface area contributed by atoms with Crippen LogP contribution in [0.2, 0.25) is 0 Å². The zero-order valence-electron chi connectivity index (χ0n) is 10.6. The maximum absolute atomic E-state index is 13.7. The maximum atomic E-state index is 13.7. The minimum Gasteiger partial charge on any atom is -0.385 e. The Bertz CT molecular complexity index is 377. The second-order valence-corrected chi connectivity index (χ2v) is 4.05. The Kier molecular flexibility index (Phi) is 6.15. The van der Waals surface area contributed by atoms with Crippen LogP contribution in [0.3, 0.4) is 0 Å². The molecule has 0 heterocycles. The normalized spacial score (nSPS) is 12.7. The molecule has 18 heavy (non-hydrogen) atoms. The van der Waals surface area contributed by atoms with E-state index in [2.05, 4.69) is 5.32 Å². The predicted octanol–water partition coefficient (Wildman–Crippen LogP) is 3.18. The molecule has 1 rings (SSSR count). The maximum Gasteiger partial charge on any atom is 0.194 e. The highest BCUT2D eigenvalue weighted by Gasteiger charge is 2.20. The third-order valence-corrected chi connectivity index (χ3v) is 2.69. The number of benzene rings is 1. The van der Waals surface area contributed by atoms with Crippen LogP contribution in [-0.4, -0.2) is 20.3 Å². The first kappa shape index (κ1) is 15.0. The molecule has 0 aliphatic rings. The number of hydrogen-bond acceptors (Lipinski definition) is 2. The lowest BCUT2D eigenvalue weighted by Crippen LogP contribution is -2.24. The molecule has 0 aliphatic heterocycles. The molecular formula is C13H18F3NO. The Morgan fingerprint density at radius 3 is 2.56 bits per heavy atom. The highest BCUT2D eigenvalue weighted by Crippen LogP contribution is 2.23. The summed E-state index contributed by atoms with van der Waals surface area (Å²) in [6.45, 7) is 3.06. The summed E-state index contributed by atoms with van der Waals surface area (Å²) in [6, 6.07) is 1.85. The fourth-order valence-electron chi connectivity index (χ4n) is 1.73. The smallest absolute Gasteiger partial charge is 0.194 e. The molecule has 1 atom stereocenters. The van der Waals surface area contributed by atoms with E-state index >= 15 is 0 Å². The van der Waals surface area contributed by atoms with Crippen molar-refractivity contribution < 1.29 is 17.9 Å². The van der Waals surface area contributed by atoms with Gasteiger partial charge in [-0.1, -0.05) is 13.0 Å². The molecule has 0 amide bonds. The first-order valence-electron chi connectivity index (χ1n) is 5.97. The molecule has 0 aromatic heterocycles. The van der Waals surface area contributed by atoms with Gasteiger partial charge in [-0.15, -0.1) is 0 Å². The highest BCUT2D eigenvalue weighted by molar-refractivity contribution is 5.23. The minimum absolute atomic E-state index is 0.138. The zero-order valence-corrected chi connectivity index (χ0v) is 10.6. The number of methoxy groups -OCH3 is 1. The van der Waals surface area contributed by atoms with Crippen molar-refractivity contribution in [1.82, 2.24) is 5.32 Å². The summed E-state index contributed by atoms with van der Waals surface area (Å²) in [5, 5.41) is 3.10. The van der Waals surface area contributed by atoms with Crippen LogP contribution < -0.4 is 5.32 Å². The molecule has 0 radical (unpaired) electrons. The van der Waals surface area contributed by atoms with Gasteiger partial charge in [0.25, 0.3) is 0 Å². The number of halogens is 3. The van der Waals surface area contributed by atoms with Crippen molar-refractivity contribution in [2.45, 2.75) is 25.8 Å². The van der Waals surface area contributed by atoms with Crippen LogP contribution in [0.25, 0.3) is 0 Å². The standard InChI is InChI=1S/C13H18F3NO/c1-3-7-17-11(6-8-18-2)9-4-5-10(14)13(16)12(9)15/h4-5,11,17H,3,6-8H2,1-2H3. The Morgan fingerprint density at radius 1 is 1.22 bits per heavy atom. The van der Waals surface area contributed by atoms with Gasteiger partial charge in [0.2, 0.25) is 0 Å². The summed E-state index contributed by atoms with van der Waals surface area (Å²) in [6.07, 6.45) is 1.37. The lowest BCUT2D eigenvalue weighted by Gasteiger charge is -2.19. The molecule has 102 valence electrons.